The van der Waals surface area contributed by atoms with Crippen molar-refractivity contribution < 1.29 is 34.2 Å². The highest BCUT2D eigenvalue weighted by atomic mass is 16.4. The first-order valence-electron chi connectivity index (χ1n) is 13.0. The highest BCUT2D eigenvalue weighted by Gasteiger charge is 2.32. The number of carbonyl (C=O) groups is 5. The Balaban J connectivity index is 2.10. The van der Waals surface area contributed by atoms with E-state index in [1.165, 1.54) is 0 Å². The third kappa shape index (κ3) is 9.40. The summed E-state index contributed by atoms with van der Waals surface area (Å²) in [5.74, 6) is -4.86. The molecule has 0 fully saturated rings. The van der Waals surface area contributed by atoms with Gasteiger partial charge in [0.2, 0.25) is 17.7 Å². The van der Waals surface area contributed by atoms with Crippen LogP contribution in [0.25, 0.3) is 10.9 Å². The molecule has 4 unspecified atom stereocenters. The van der Waals surface area contributed by atoms with Gasteiger partial charge in [-0.2, -0.15) is 0 Å². The minimum absolute atomic E-state index is 0.0416. The molecule has 214 valence electrons. The lowest BCUT2D eigenvalue weighted by atomic mass is 9.98. The zero-order valence-electron chi connectivity index (χ0n) is 22.7. The van der Waals surface area contributed by atoms with Gasteiger partial charge in [-0.05, 0) is 42.7 Å². The molecular formula is C27H39N5O7. The highest BCUT2D eigenvalue weighted by molar-refractivity contribution is 5.94. The normalized spacial score (nSPS) is 14.4. The third-order valence-electron chi connectivity index (χ3n) is 6.30. The molecule has 1 aromatic heterocycles. The average molecular weight is 546 g/mol. The van der Waals surface area contributed by atoms with Crippen LogP contribution in [0.3, 0.4) is 0 Å². The molecule has 2 rings (SSSR count). The molecule has 8 N–H and O–H groups in total. The maximum Gasteiger partial charge on any atom is 0.326 e. The predicted octanol–water partition coefficient (Wildman–Crippen LogP) is 1.14. The Hall–Kier alpha value is -3.93. The molecule has 1 heterocycles. The van der Waals surface area contributed by atoms with E-state index in [2.05, 4.69) is 20.9 Å². The van der Waals surface area contributed by atoms with Crippen LogP contribution in [0.1, 0.15) is 52.5 Å². The van der Waals surface area contributed by atoms with Crippen molar-refractivity contribution in [2.75, 3.05) is 0 Å². The molecule has 4 atom stereocenters. The van der Waals surface area contributed by atoms with Crippen LogP contribution in [0, 0.1) is 11.8 Å². The molecule has 3 amide bonds. The van der Waals surface area contributed by atoms with Crippen LogP contribution in [0.15, 0.2) is 30.5 Å². The lowest BCUT2D eigenvalue weighted by Gasteiger charge is -2.27. The summed E-state index contributed by atoms with van der Waals surface area (Å²) in [5, 5.41) is 26.8. The first kappa shape index (κ1) is 31.3. The molecule has 12 heteroatoms. The van der Waals surface area contributed by atoms with E-state index in [9.17, 15) is 29.1 Å². The number of carbonyl (C=O) groups excluding carboxylic acids is 3. The molecule has 0 aliphatic carbocycles. The Morgan fingerprint density at radius 1 is 0.897 bits per heavy atom. The van der Waals surface area contributed by atoms with Crippen molar-refractivity contribution in [3.05, 3.63) is 36.0 Å². The van der Waals surface area contributed by atoms with E-state index in [1.807, 2.05) is 38.1 Å². The zero-order chi connectivity index (χ0) is 29.3. The first-order chi connectivity index (χ1) is 18.3. The van der Waals surface area contributed by atoms with Crippen LogP contribution in [-0.4, -0.2) is 69.0 Å². The second kappa shape index (κ2) is 14.3. The Bertz CT molecular complexity index is 1180. The van der Waals surface area contributed by atoms with Gasteiger partial charge >= 0.3 is 11.9 Å². The quantitative estimate of drug-likeness (QED) is 0.172. The monoisotopic (exact) mass is 545 g/mol. The minimum Gasteiger partial charge on any atom is -0.481 e. The van der Waals surface area contributed by atoms with Crippen LogP contribution in [0.5, 0.6) is 0 Å². The number of aliphatic carboxylic acids is 2. The van der Waals surface area contributed by atoms with Gasteiger partial charge in [0.05, 0.1) is 6.04 Å². The van der Waals surface area contributed by atoms with Gasteiger partial charge in [-0.25, -0.2) is 4.79 Å². The van der Waals surface area contributed by atoms with Crippen molar-refractivity contribution >= 4 is 40.6 Å². The number of para-hydroxylation sites is 1. The van der Waals surface area contributed by atoms with Gasteiger partial charge in [0, 0.05) is 23.5 Å². The Labute approximate surface area is 227 Å². The number of hydrogen-bond donors (Lipinski definition) is 7. The van der Waals surface area contributed by atoms with Crippen LogP contribution in [0.2, 0.25) is 0 Å². The van der Waals surface area contributed by atoms with Crippen LogP contribution in [-0.2, 0) is 30.4 Å². The number of carboxylic acid groups (broad SMARTS) is 2. The Morgan fingerprint density at radius 2 is 1.54 bits per heavy atom. The SMILES string of the molecule is CC(C)CC(NC(=O)C(NC(=O)C(N)Cc1c[nH]c2ccccc12)C(C)C)C(=O)NC(CCC(=O)O)C(=O)O. The standard InChI is InChI=1S/C27H39N5O7/c1-14(2)11-21(25(36)30-20(27(38)39)9-10-22(33)34)31-26(37)23(15(3)4)32-24(35)18(28)12-16-13-29-19-8-6-5-7-17(16)19/h5-8,13-15,18,20-21,23,29H,9-12,28H2,1-4H3,(H,30,36)(H,31,37)(H,32,35)(H,33,34)(H,38,39). The molecule has 2 aromatic rings. The first-order valence-corrected chi connectivity index (χ1v) is 13.0. The van der Waals surface area contributed by atoms with Gasteiger partial charge in [-0.3, -0.25) is 19.2 Å². The fourth-order valence-electron chi connectivity index (χ4n) is 4.19. The number of H-pyrrole nitrogens is 1. The van der Waals surface area contributed by atoms with Gasteiger partial charge in [-0.1, -0.05) is 45.9 Å². The van der Waals surface area contributed by atoms with Gasteiger partial charge in [-0.15, -0.1) is 0 Å². The topological polar surface area (TPSA) is 204 Å². The molecule has 0 radical (unpaired) electrons. The number of aromatic nitrogens is 1. The van der Waals surface area contributed by atoms with Gasteiger partial charge in [0.1, 0.15) is 18.1 Å². The van der Waals surface area contributed by atoms with Crippen LogP contribution >= 0.6 is 0 Å². The molecular weight excluding hydrogens is 506 g/mol. The van der Waals surface area contributed by atoms with Crippen LogP contribution < -0.4 is 21.7 Å². The lowest BCUT2D eigenvalue weighted by Crippen LogP contribution is -2.58. The van der Waals surface area contributed by atoms with E-state index in [0.717, 1.165) is 16.5 Å². The second-order valence-electron chi connectivity index (χ2n) is 10.4. The molecule has 1 aromatic carbocycles. The summed E-state index contributed by atoms with van der Waals surface area (Å²) in [6.45, 7) is 7.13. The maximum absolute atomic E-state index is 13.2. The molecule has 0 aliphatic rings. The number of rotatable bonds is 15. The van der Waals surface area contributed by atoms with Crippen molar-refractivity contribution in [2.24, 2.45) is 17.6 Å². The summed E-state index contributed by atoms with van der Waals surface area (Å²) in [5.41, 5.74) is 7.96. The predicted molar refractivity (Wildman–Crippen MR) is 145 cm³/mol. The number of amides is 3. The number of benzene rings is 1. The Kier molecular flexibility index (Phi) is 11.5. The number of fused-ring (bicyclic) bond motifs is 1. The molecule has 39 heavy (non-hydrogen) atoms. The third-order valence-corrected chi connectivity index (χ3v) is 6.30. The number of aromatic amines is 1. The zero-order valence-corrected chi connectivity index (χ0v) is 22.7. The van der Waals surface area contributed by atoms with E-state index in [0.29, 0.717) is 0 Å². The minimum atomic E-state index is -1.43. The average Bonchev–Trinajstić information content (AvgIpc) is 3.26. The molecule has 12 nitrogen and oxygen atoms in total. The summed E-state index contributed by atoms with van der Waals surface area (Å²) >= 11 is 0. The Morgan fingerprint density at radius 3 is 2.13 bits per heavy atom. The number of nitrogens with one attached hydrogen (secondary N) is 4. The van der Waals surface area contributed by atoms with Crippen LogP contribution in [0.4, 0.5) is 0 Å². The fourth-order valence-corrected chi connectivity index (χ4v) is 4.19. The summed E-state index contributed by atoms with van der Waals surface area (Å²) < 4.78 is 0. The van der Waals surface area contributed by atoms with E-state index in [4.69, 9.17) is 10.8 Å². The number of hydrogen-bond acceptors (Lipinski definition) is 6. The highest BCUT2D eigenvalue weighted by Crippen LogP contribution is 2.19. The van der Waals surface area contributed by atoms with Crippen molar-refractivity contribution in [3.63, 3.8) is 0 Å². The summed E-state index contributed by atoms with van der Waals surface area (Å²) in [7, 11) is 0. The smallest absolute Gasteiger partial charge is 0.326 e. The second-order valence-corrected chi connectivity index (χ2v) is 10.4. The van der Waals surface area contributed by atoms with Gasteiger partial charge in [0.15, 0.2) is 0 Å². The van der Waals surface area contributed by atoms with E-state index < -0.39 is 60.2 Å². The van der Waals surface area contributed by atoms with E-state index in [1.54, 1.807) is 20.0 Å². The van der Waals surface area contributed by atoms with Crippen molar-refractivity contribution in [2.45, 2.75) is 77.5 Å². The molecule has 0 saturated carbocycles. The van der Waals surface area contributed by atoms with Crippen molar-refractivity contribution in [1.29, 1.82) is 0 Å². The lowest BCUT2D eigenvalue weighted by molar-refractivity contribution is -0.143. The summed E-state index contributed by atoms with van der Waals surface area (Å²) in [6.07, 6.45) is 1.48. The van der Waals surface area contributed by atoms with Gasteiger partial charge < -0.3 is 36.9 Å². The van der Waals surface area contributed by atoms with E-state index >= 15 is 0 Å². The molecule has 0 spiro atoms. The fraction of sp³-hybridized carbons (Fsp3) is 0.519. The van der Waals surface area contributed by atoms with Crippen molar-refractivity contribution in [1.82, 2.24) is 20.9 Å². The molecule has 0 bridgehead atoms. The largest absolute Gasteiger partial charge is 0.481 e. The maximum atomic E-state index is 13.2. The molecule has 0 aliphatic heterocycles. The summed E-state index contributed by atoms with van der Waals surface area (Å²) in [4.78, 5) is 64.6. The molecule has 0 saturated heterocycles. The van der Waals surface area contributed by atoms with E-state index in [-0.39, 0.29) is 31.1 Å². The number of carboxylic acids is 2. The summed E-state index contributed by atoms with van der Waals surface area (Å²) in [6, 6.07) is 3.16. The number of nitrogens with two attached hydrogens (primary N) is 1. The van der Waals surface area contributed by atoms with Gasteiger partial charge in [0.25, 0.3) is 0 Å². The van der Waals surface area contributed by atoms with Crippen molar-refractivity contribution in [3.8, 4) is 0 Å².